The van der Waals surface area contributed by atoms with Crippen molar-refractivity contribution in [2.24, 2.45) is 0 Å². The van der Waals surface area contributed by atoms with E-state index in [0.29, 0.717) is 0 Å². The molecule has 0 rings (SSSR count). The van der Waals surface area contributed by atoms with Crippen LogP contribution in [0.2, 0.25) is 0 Å². The normalized spacial score (nSPS) is 14.3. The fraction of sp³-hybridized carbons (Fsp3) is 0.500. The highest BCUT2D eigenvalue weighted by molar-refractivity contribution is 5.17. The monoisotopic (exact) mass is 164 g/mol. The van der Waals surface area contributed by atoms with E-state index in [0.717, 1.165) is 12.8 Å². The molecule has 0 fully saturated rings. The van der Waals surface area contributed by atoms with Crippen LogP contribution >= 0.6 is 0 Å². The van der Waals surface area contributed by atoms with Crippen molar-refractivity contribution in [2.45, 2.75) is 40.5 Å². The van der Waals surface area contributed by atoms with Crippen molar-refractivity contribution in [2.75, 3.05) is 0 Å². The molecule has 0 atom stereocenters. The van der Waals surface area contributed by atoms with E-state index in [-0.39, 0.29) is 0 Å². The van der Waals surface area contributed by atoms with E-state index in [2.05, 4.69) is 52.0 Å². The van der Waals surface area contributed by atoms with Gasteiger partial charge >= 0.3 is 0 Å². The molecule has 0 aliphatic rings. The second-order valence-corrected chi connectivity index (χ2v) is 3.12. The molecule has 0 unspecified atom stereocenters. The van der Waals surface area contributed by atoms with Crippen molar-refractivity contribution in [1.82, 2.24) is 0 Å². The lowest BCUT2D eigenvalue weighted by atomic mass is 10.2. The van der Waals surface area contributed by atoms with Gasteiger partial charge in [0, 0.05) is 0 Å². The second kappa shape index (κ2) is 6.90. The first-order valence-corrected chi connectivity index (χ1v) is 4.70. The third kappa shape index (κ3) is 5.96. The molecule has 0 aromatic rings. The van der Waals surface area contributed by atoms with E-state index in [1.54, 1.807) is 0 Å². The van der Waals surface area contributed by atoms with Gasteiger partial charge in [-0.1, -0.05) is 49.3 Å². The number of allylic oxidation sites excluding steroid dienone is 6. The number of hydrogen-bond acceptors (Lipinski definition) is 0. The Kier molecular flexibility index (Phi) is 6.45. The van der Waals surface area contributed by atoms with Gasteiger partial charge in [-0.2, -0.15) is 0 Å². The van der Waals surface area contributed by atoms with Gasteiger partial charge in [-0.3, -0.25) is 0 Å². The maximum Gasteiger partial charge on any atom is -0.0349 e. The molecule has 0 saturated carbocycles. The van der Waals surface area contributed by atoms with Crippen LogP contribution in [0.3, 0.4) is 0 Å². The van der Waals surface area contributed by atoms with Crippen molar-refractivity contribution in [3.8, 4) is 0 Å². The zero-order valence-electron chi connectivity index (χ0n) is 8.72. The van der Waals surface area contributed by atoms with Gasteiger partial charge in [-0.05, 0) is 26.7 Å². The summed E-state index contributed by atoms with van der Waals surface area (Å²) in [6.07, 6.45) is 10.8. The summed E-state index contributed by atoms with van der Waals surface area (Å²) in [5, 5.41) is 0. The molecule has 0 N–H and O–H groups in total. The van der Waals surface area contributed by atoms with Gasteiger partial charge in [-0.25, -0.2) is 0 Å². The zero-order chi connectivity index (χ0) is 9.40. The smallest absolute Gasteiger partial charge is 0.0349 e. The molecule has 0 radical (unpaired) electrons. The summed E-state index contributed by atoms with van der Waals surface area (Å²) in [5.74, 6) is 0. The Morgan fingerprint density at radius 3 is 1.42 bits per heavy atom. The Bertz CT molecular complexity index is 170. The van der Waals surface area contributed by atoms with Crippen LogP contribution in [0.5, 0.6) is 0 Å². The van der Waals surface area contributed by atoms with Crippen LogP contribution in [0.25, 0.3) is 0 Å². The third-order valence-electron chi connectivity index (χ3n) is 1.99. The topological polar surface area (TPSA) is 0 Å². The van der Waals surface area contributed by atoms with Crippen molar-refractivity contribution in [3.63, 3.8) is 0 Å². The molecule has 0 aliphatic carbocycles. The summed E-state index contributed by atoms with van der Waals surface area (Å²) >= 11 is 0. The van der Waals surface area contributed by atoms with Gasteiger partial charge in [0.1, 0.15) is 0 Å². The summed E-state index contributed by atoms with van der Waals surface area (Å²) in [5.41, 5.74) is 2.85. The minimum absolute atomic E-state index is 1.14. The molecule has 12 heavy (non-hydrogen) atoms. The molecular weight excluding hydrogens is 144 g/mol. The van der Waals surface area contributed by atoms with Gasteiger partial charge in [0.15, 0.2) is 0 Å². The van der Waals surface area contributed by atoms with E-state index in [4.69, 9.17) is 0 Å². The Morgan fingerprint density at radius 2 is 1.17 bits per heavy atom. The van der Waals surface area contributed by atoms with E-state index >= 15 is 0 Å². The van der Waals surface area contributed by atoms with Crippen LogP contribution < -0.4 is 0 Å². The van der Waals surface area contributed by atoms with E-state index in [1.807, 2.05) is 0 Å². The van der Waals surface area contributed by atoms with Crippen molar-refractivity contribution in [1.29, 1.82) is 0 Å². The van der Waals surface area contributed by atoms with Crippen molar-refractivity contribution < 1.29 is 0 Å². The van der Waals surface area contributed by atoms with Crippen LogP contribution in [0.4, 0.5) is 0 Å². The molecule has 0 aliphatic heterocycles. The van der Waals surface area contributed by atoms with Gasteiger partial charge in [0.2, 0.25) is 0 Å². The standard InChI is InChI=1S/C12H20/c1-5-11(3)9-7-8-10-12(4)6-2/h7-10H,5-6H2,1-4H3. The molecule has 0 spiro atoms. The Morgan fingerprint density at radius 1 is 0.833 bits per heavy atom. The Hall–Kier alpha value is -0.780. The number of hydrogen-bond donors (Lipinski definition) is 0. The third-order valence-corrected chi connectivity index (χ3v) is 1.99. The van der Waals surface area contributed by atoms with Crippen LogP contribution in [-0.4, -0.2) is 0 Å². The maximum atomic E-state index is 2.17. The van der Waals surface area contributed by atoms with E-state index < -0.39 is 0 Å². The average molecular weight is 164 g/mol. The minimum atomic E-state index is 1.14. The SMILES string of the molecule is CCC(C)=CC=CC=C(C)CC. The zero-order valence-corrected chi connectivity index (χ0v) is 8.72. The average Bonchev–Trinajstić information content (AvgIpc) is 2.11. The van der Waals surface area contributed by atoms with Gasteiger partial charge < -0.3 is 0 Å². The lowest BCUT2D eigenvalue weighted by Gasteiger charge is -1.90. The van der Waals surface area contributed by atoms with Crippen LogP contribution in [0.15, 0.2) is 35.5 Å². The number of rotatable bonds is 4. The first-order chi connectivity index (χ1) is 5.70. The molecule has 0 heterocycles. The predicted octanol–water partition coefficient (Wildman–Crippen LogP) is 4.26. The highest BCUT2D eigenvalue weighted by atomic mass is 13.9. The predicted molar refractivity (Wildman–Crippen MR) is 57.2 cm³/mol. The molecule has 0 aromatic heterocycles. The molecule has 0 saturated heterocycles. The molecular formula is C12H20. The summed E-state index contributed by atoms with van der Waals surface area (Å²) in [4.78, 5) is 0. The van der Waals surface area contributed by atoms with Gasteiger partial charge in [0.05, 0.1) is 0 Å². The molecule has 0 nitrogen and oxygen atoms in total. The largest absolute Gasteiger partial charge is 0.0736 e. The fourth-order valence-corrected chi connectivity index (χ4v) is 0.675. The summed E-state index contributed by atoms with van der Waals surface area (Å²) in [6, 6.07) is 0. The summed E-state index contributed by atoms with van der Waals surface area (Å²) in [7, 11) is 0. The maximum absolute atomic E-state index is 2.17. The molecule has 0 aromatic carbocycles. The lowest BCUT2D eigenvalue weighted by Crippen LogP contribution is -1.69. The second-order valence-electron chi connectivity index (χ2n) is 3.12. The van der Waals surface area contributed by atoms with E-state index in [9.17, 15) is 0 Å². The Labute approximate surface area is 76.7 Å². The quantitative estimate of drug-likeness (QED) is 0.545. The van der Waals surface area contributed by atoms with Crippen molar-refractivity contribution >= 4 is 0 Å². The van der Waals surface area contributed by atoms with Gasteiger partial charge in [-0.15, -0.1) is 0 Å². The highest BCUT2D eigenvalue weighted by Crippen LogP contribution is 2.00. The van der Waals surface area contributed by atoms with Crippen LogP contribution in [0.1, 0.15) is 40.5 Å². The molecule has 0 bridgehead atoms. The van der Waals surface area contributed by atoms with Crippen molar-refractivity contribution in [3.05, 3.63) is 35.5 Å². The molecule has 68 valence electrons. The highest BCUT2D eigenvalue weighted by Gasteiger charge is 1.79. The van der Waals surface area contributed by atoms with Crippen LogP contribution in [-0.2, 0) is 0 Å². The van der Waals surface area contributed by atoms with Gasteiger partial charge in [0.25, 0.3) is 0 Å². The fourth-order valence-electron chi connectivity index (χ4n) is 0.675. The molecule has 0 heteroatoms. The first kappa shape index (κ1) is 11.2. The summed E-state index contributed by atoms with van der Waals surface area (Å²) in [6.45, 7) is 8.65. The summed E-state index contributed by atoms with van der Waals surface area (Å²) < 4.78 is 0. The minimum Gasteiger partial charge on any atom is -0.0736 e. The Balaban J connectivity index is 3.93. The van der Waals surface area contributed by atoms with Crippen LogP contribution in [0, 0.1) is 0 Å². The first-order valence-electron chi connectivity index (χ1n) is 4.70. The van der Waals surface area contributed by atoms with E-state index in [1.165, 1.54) is 11.1 Å². The lowest BCUT2D eigenvalue weighted by molar-refractivity contribution is 1.10. The molecule has 0 amide bonds.